The molecule has 3 aromatic rings. The van der Waals surface area contributed by atoms with Crippen molar-refractivity contribution in [2.45, 2.75) is 49.9 Å². The number of aldehydes is 1. The molecular formula is C27H28F2N2O5S2. The van der Waals surface area contributed by atoms with Gasteiger partial charge in [-0.2, -0.15) is 0 Å². The van der Waals surface area contributed by atoms with Crippen LogP contribution in [-0.2, 0) is 19.9 Å². The minimum atomic E-state index is -1.83. The van der Waals surface area contributed by atoms with Gasteiger partial charge in [0.2, 0.25) is 11.5 Å². The van der Waals surface area contributed by atoms with Crippen molar-refractivity contribution < 1.29 is 33.0 Å². The van der Waals surface area contributed by atoms with Crippen LogP contribution in [0, 0.1) is 11.6 Å². The van der Waals surface area contributed by atoms with Crippen molar-refractivity contribution in [1.82, 2.24) is 4.90 Å². The zero-order valence-electron chi connectivity index (χ0n) is 20.7. The number of halogens is 2. The normalized spacial score (nSPS) is 17.8. The Kier molecular flexibility index (Phi) is 9.03. The summed E-state index contributed by atoms with van der Waals surface area (Å²) in [4.78, 5) is 39.2. The van der Waals surface area contributed by atoms with Crippen molar-refractivity contribution in [3.05, 3.63) is 74.1 Å². The Bertz CT molecular complexity index is 1220. The van der Waals surface area contributed by atoms with Crippen molar-refractivity contribution in [3.63, 3.8) is 0 Å². The number of esters is 1. The average molecular weight is 563 g/mol. The number of aliphatic hydroxyl groups is 1. The van der Waals surface area contributed by atoms with Crippen LogP contribution in [0.2, 0.25) is 0 Å². The number of amides is 1. The Labute approximate surface area is 227 Å². The van der Waals surface area contributed by atoms with E-state index < -0.39 is 34.7 Å². The van der Waals surface area contributed by atoms with E-state index >= 15 is 0 Å². The van der Waals surface area contributed by atoms with Gasteiger partial charge in [0.15, 0.2) is 6.29 Å². The third kappa shape index (κ3) is 6.17. The van der Waals surface area contributed by atoms with Gasteiger partial charge in [-0.3, -0.25) is 9.59 Å². The zero-order chi connectivity index (χ0) is 27.3. The fraction of sp³-hybridized carbons (Fsp3) is 0.370. The van der Waals surface area contributed by atoms with Crippen LogP contribution >= 0.6 is 22.7 Å². The molecule has 1 amide bonds. The number of hydrogen-bond acceptors (Lipinski definition) is 8. The van der Waals surface area contributed by atoms with Crippen LogP contribution in [0.1, 0.15) is 52.2 Å². The molecule has 1 aliphatic rings. The molecule has 0 atom stereocenters. The summed E-state index contributed by atoms with van der Waals surface area (Å²) in [6, 6.07) is 8.71. The summed E-state index contributed by atoms with van der Waals surface area (Å²) in [7, 11) is 1.88. The topological polar surface area (TPSA) is 95.9 Å². The lowest BCUT2D eigenvalue weighted by atomic mass is 9.91. The lowest BCUT2D eigenvalue weighted by Gasteiger charge is -2.35. The first-order chi connectivity index (χ1) is 18.2. The average Bonchev–Trinajstić information content (AvgIpc) is 3.64. The molecule has 0 radical (unpaired) electrons. The number of benzene rings is 1. The minimum Gasteiger partial charge on any atom is -0.460 e. The van der Waals surface area contributed by atoms with Crippen molar-refractivity contribution >= 4 is 46.5 Å². The van der Waals surface area contributed by atoms with E-state index in [2.05, 4.69) is 5.32 Å². The fourth-order valence-electron chi connectivity index (χ4n) is 4.55. The Morgan fingerprint density at radius 1 is 1.11 bits per heavy atom. The standard InChI is InChI=1S/C27H28F2N2O5S2/c1-31(11-10-25(33)30-22-15-20(28)17(16-32)14-21(22)29)18-6-8-19(9-7-18)36-26(34)27(35,23-4-2-12-37-23)24-5-3-13-38-24/h2-5,12-16,18-19,35H,6-11H2,1H3,(H,30,33)/t18-,19-. The number of nitrogens with one attached hydrogen (secondary N) is 1. The van der Waals surface area contributed by atoms with Crippen LogP contribution in [0.5, 0.6) is 0 Å². The van der Waals surface area contributed by atoms with Gasteiger partial charge in [0, 0.05) is 25.1 Å². The third-order valence-electron chi connectivity index (χ3n) is 6.77. The first kappa shape index (κ1) is 28.0. The van der Waals surface area contributed by atoms with E-state index in [9.17, 15) is 28.3 Å². The first-order valence-corrected chi connectivity index (χ1v) is 13.9. The molecule has 0 saturated heterocycles. The van der Waals surface area contributed by atoms with Crippen molar-refractivity contribution in [2.24, 2.45) is 0 Å². The maximum Gasteiger partial charge on any atom is 0.349 e. The molecule has 11 heteroatoms. The van der Waals surface area contributed by atoms with Gasteiger partial charge in [-0.15, -0.1) is 22.7 Å². The molecule has 1 aliphatic carbocycles. The van der Waals surface area contributed by atoms with E-state index in [4.69, 9.17) is 4.74 Å². The number of anilines is 1. The van der Waals surface area contributed by atoms with Gasteiger partial charge in [0.25, 0.3) is 0 Å². The highest BCUT2D eigenvalue weighted by atomic mass is 32.1. The fourth-order valence-corrected chi connectivity index (χ4v) is 6.27. The van der Waals surface area contributed by atoms with Crippen molar-refractivity contribution in [3.8, 4) is 0 Å². The van der Waals surface area contributed by atoms with Gasteiger partial charge < -0.3 is 20.1 Å². The van der Waals surface area contributed by atoms with Gasteiger partial charge in [-0.05, 0) is 61.7 Å². The van der Waals surface area contributed by atoms with Crippen LogP contribution in [0.15, 0.2) is 47.2 Å². The second-order valence-corrected chi connectivity index (χ2v) is 11.1. The van der Waals surface area contributed by atoms with Gasteiger partial charge in [-0.25, -0.2) is 13.6 Å². The Hall–Kier alpha value is -2.99. The number of ether oxygens (including phenoxy) is 1. The van der Waals surface area contributed by atoms with E-state index in [0.717, 1.165) is 25.0 Å². The van der Waals surface area contributed by atoms with Gasteiger partial charge in [0.1, 0.15) is 17.7 Å². The predicted molar refractivity (Wildman–Crippen MR) is 141 cm³/mol. The molecule has 0 unspecified atom stereocenters. The van der Waals surface area contributed by atoms with Crippen LogP contribution in [0.4, 0.5) is 14.5 Å². The Morgan fingerprint density at radius 3 is 2.29 bits per heavy atom. The third-order valence-corrected chi connectivity index (χ3v) is 8.73. The summed E-state index contributed by atoms with van der Waals surface area (Å²) in [6.45, 7) is 0.397. The zero-order valence-corrected chi connectivity index (χ0v) is 22.3. The molecule has 2 aromatic heterocycles. The summed E-state index contributed by atoms with van der Waals surface area (Å²) in [5, 5.41) is 17.4. The van der Waals surface area contributed by atoms with E-state index in [1.54, 1.807) is 35.0 Å². The van der Waals surface area contributed by atoms with Gasteiger partial charge in [-0.1, -0.05) is 12.1 Å². The molecule has 2 N–H and O–H groups in total. The smallest absolute Gasteiger partial charge is 0.349 e. The number of nitrogens with zero attached hydrogens (tertiary/aromatic N) is 1. The van der Waals surface area contributed by atoms with Crippen molar-refractivity contribution in [2.75, 3.05) is 18.9 Å². The molecule has 7 nitrogen and oxygen atoms in total. The van der Waals surface area contributed by atoms with Crippen LogP contribution < -0.4 is 5.32 Å². The molecule has 2 heterocycles. The minimum absolute atomic E-state index is 0.0660. The molecule has 1 aromatic carbocycles. The van der Waals surface area contributed by atoms with E-state index in [-0.39, 0.29) is 30.5 Å². The van der Waals surface area contributed by atoms with E-state index in [1.165, 1.54) is 22.7 Å². The van der Waals surface area contributed by atoms with Crippen LogP contribution in [-0.4, -0.2) is 53.9 Å². The van der Waals surface area contributed by atoms with E-state index in [0.29, 0.717) is 29.1 Å². The highest BCUT2D eigenvalue weighted by molar-refractivity contribution is 7.12. The second kappa shape index (κ2) is 12.2. The number of thiophene rings is 2. The largest absolute Gasteiger partial charge is 0.460 e. The Balaban J connectivity index is 1.26. The number of carbonyl (C=O) groups is 3. The predicted octanol–water partition coefficient (Wildman–Crippen LogP) is 4.95. The molecular weight excluding hydrogens is 534 g/mol. The molecule has 0 bridgehead atoms. The number of carbonyl (C=O) groups excluding carboxylic acids is 3. The maximum atomic E-state index is 14.0. The van der Waals surface area contributed by atoms with Crippen LogP contribution in [0.3, 0.4) is 0 Å². The summed E-state index contributed by atoms with van der Waals surface area (Å²) in [5.41, 5.74) is -2.56. The number of rotatable bonds is 10. The molecule has 202 valence electrons. The molecule has 38 heavy (non-hydrogen) atoms. The van der Waals surface area contributed by atoms with Crippen molar-refractivity contribution in [1.29, 1.82) is 0 Å². The monoisotopic (exact) mass is 562 g/mol. The summed E-state index contributed by atoms with van der Waals surface area (Å²) in [6.07, 6.45) is 2.66. The molecule has 0 aliphatic heterocycles. The maximum absolute atomic E-state index is 14.0. The summed E-state index contributed by atoms with van der Waals surface area (Å²) >= 11 is 2.59. The first-order valence-electron chi connectivity index (χ1n) is 12.2. The quantitative estimate of drug-likeness (QED) is 0.268. The lowest BCUT2D eigenvalue weighted by Crippen LogP contribution is -2.42. The molecule has 0 spiro atoms. The van der Waals surface area contributed by atoms with Gasteiger partial charge >= 0.3 is 5.97 Å². The molecule has 1 saturated carbocycles. The SMILES string of the molecule is CN(CCC(=O)Nc1cc(F)c(C=O)cc1F)[C@H]1CC[C@H](OC(=O)C(O)(c2cccs2)c2cccs2)CC1. The second-order valence-electron chi connectivity index (χ2n) is 9.25. The molecule has 1 fully saturated rings. The van der Waals surface area contributed by atoms with Gasteiger partial charge in [0.05, 0.1) is 21.0 Å². The molecule has 4 rings (SSSR count). The number of hydrogen-bond donors (Lipinski definition) is 2. The highest BCUT2D eigenvalue weighted by Gasteiger charge is 2.45. The summed E-state index contributed by atoms with van der Waals surface area (Å²) < 4.78 is 33.6. The summed E-state index contributed by atoms with van der Waals surface area (Å²) in [5.74, 6) is -2.94. The Morgan fingerprint density at radius 2 is 1.74 bits per heavy atom. The lowest BCUT2D eigenvalue weighted by molar-refractivity contribution is -0.169. The van der Waals surface area contributed by atoms with Crippen LogP contribution in [0.25, 0.3) is 0 Å². The van der Waals surface area contributed by atoms with E-state index in [1.807, 2.05) is 11.9 Å². The highest BCUT2D eigenvalue weighted by Crippen LogP contribution is 2.38.